The summed E-state index contributed by atoms with van der Waals surface area (Å²) >= 11 is 0. The van der Waals surface area contributed by atoms with Crippen LogP contribution in [0.15, 0.2) is 17.6 Å². The molecule has 4 heterocycles. The number of fused-ring (bicyclic) bond motifs is 1. The Balaban J connectivity index is 0.000000655. The minimum absolute atomic E-state index is 0.107. The fraction of sp³-hybridized carbons (Fsp3) is 0.727. The lowest BCUT2D eigenvalue weighted by atomic mass is 9.60. The zero-order valence-electron chi connectivity index (χ0n) is 20.8. The lowest BCUT2D eigenvalue weighted by molar-refractivity contribution is -0.140. The Labute approximate surface area is 206 Å². The summed E-state index contributed by atoms with van der Waals surface area (Å²) in [6.45, 7) is 8.30. The molecule has 4 rings (SSSR count). The lowest BCUT2D eigenvalue weighted by Crippen LogP contribution is -2.53. The van der Waals surface area contributed by atoms with E-state index in [0.29, 0.717) is 19.0 Å². The predicted molar refractivity (Wildman–Crippen MR) is 127 cm³/mol. The molecule has 3 fully saturated rings. The van der Waals surface area contributed by atoms with E-state index < -0.39 is 10.0 Å². The summed E-state index contributed by atoms with van der Waals surface area (Å²) in [6.07, 6.45) is 5.40. The third-order valence-electron chi connectivity index (χ3n) is 7.25. The maximum atomic E-state index is 13.3. The SMILES string of the molecule is CC(C)CN1CC2(CCN(S(=O)(=O)c3cn(C)cn3)CC2)C2(CCN(C)C2=O)C1.O=CO.O=CO. The molecule has 3 aliphatic heterocycles. The number of imidazole rings is 1. The molecule has 1 unspecified atom stereocenters. The molecule has 1 aromatic rings. The van der Waals surface area contributed by atoms with Gasteiger partial charge in [0.15, 0.2) is 5.03 Å². The van der Waals surface area contributed by atoms with E-state index in [2.05, 4.69) is 23.7 Å². The summed E-state index contributed by atoms with van der Waals surface area (Å²) in [5, 5.41) is 13.9. The van der Waals surface area contributed by atoms with Crippen LogP contribution in [-0.2, 0) is 31.5 Å². The number of nitrogens with zero attached hydrogens (tertiary/aromatic N) is 5. The second kappa shape index (κ2) is 11.5. The number of aromatic nitrogens is 2. The van der Waals surface area contributed by atoms with E-state index >= 15 is 0 Å². The smallest absolute Gasteiger partial charge is 0.290 e. The molecule has 3 saturated heterocycles. The summed E-state index contributed by atoms with van der Waals surface area (Å²) in [5.74, 6) is 0.797. The summed E-state index contributed by atoms with van der Waals surface area (Å²) in [7, 11) is 0.0813. The highest BCUT2D eigenvalue weighted by Crippen LogP contribution is 2.58. The van der Waals surface area contributed by atoms with Gasteiger partial charge in [-0.2, -0.15) is 4.31 Å². The number of hydrogen-bond donors (Lipinski definition) is 2. The molecule has 13 heteroatoms. The van der Waals surface area contributed by atoms with E-state index in [1.807, 2.05) is 11.9 Å². The molecule has 0 aromatic carbocycles. The first kappa shape index (κ1) is 28.7. The molecule has 0 radical (unpaired) electrons. The van der Waals surface area contributed by atoms with Crippen LogP contribution < -0.4 is 0 Å². The molecule has 12 nitrogen and oxygen atoms in total. The number of carbonyl (C=O) groups excluding carboxylic acids is 1. The minimum atomic E-state index is -3.59. The first-order valence-electron chi connectivity index (χ1n) is 11.5. The van der Waals surface area contributed by atoms with Gasteiger partial charge in [-0.05, 0) is 25.2 Å². The molecular formula is C22H37N5O7S. The number of carboxylic acid groups (broad SMARTS) is 2. The molecule has 1 aromatic heterocycles. The number of sulfonamides is 1. The summed E-state index contributed by atoms with van der Waals surface area (Å²) in [5.41, 5.74) is -0.503. The molecular weight excluding hydrogens is 478 g/mol. The van der Waals surface area contributed by atoms with Gasteiger partial charge in [0.05, 0.1) is 11.7 Å². The molecule has 198 valence electrons. The van der Waals surface area contributed by atoms with Gasteiger partial charge in [-0.15, -0.1) is 0 Å². The molecule has 1 atom stereocenters. The van der Waals surface area contributed by atoms with E-state index in [0.717, 1.165) is 45.4 Å². The van der Waals surface area contributed by atoms with Gasteiger partial charge in [0.25, 0.3) is 23.0 Å². The van der Waals surface area contributed by atoms with Crippen LogP contribution in [0.2, 0.25) is 0 Å². The fourth-order valence-electron chi connectivity index (χ4n) is 5.85. The van der Waals surface area contributed by atoms with E-state index in [9.17, 15) is 13.2 Å². The van der Waals surface area contributed by atoms with Crippen molar-refractivity contribution in [2.45, 2.75) is 38.1 Å². The Morgan fingerprint density at radius 1 is 1.06 bits per heavy atom. The zero-order chi connectivity index (χ0) is 26.4. The molecule has 0 aliphatic carbocycles. The largest absolute Gasteiger partial charge is 0.483 e. The monoisotopic (exact) mass is 515 g/mol. The highest BCUT2D eigenvalue weighted by Gasteiger charge is 2.64. The van der Waals surface area contributed by atoms with Crippen molar-refractivity contribution in [1.29, 1.82) is 0 Å². The quantitative estimate of drug-likeness (QED) is 0.543. The summed E-state index contributed by atoms with van der Waals surface area (Å²) in [4.78, 5) is 38.4. The van der Waals surface area contributed by atoms with Crippen LogP contribution in [0.5, 0.6) is 0 Å². The van der Waals surface area contributed by atoms with Crippen molar-refractivity contribution in [3.63, 3.8) is 0 Å². The van der Waals surface area contributed by atoms with Gasteiger partial charge in [-0.1, -0.05) is 13.8 Å². The Hall–Kier alpha value is -2.51. The first-order chi connectivity index (χ1) is 16.4. The maximum Gasteiger partial charge on any atom is 0.290 e. The standard InChI is InChI=1S/C20H33N5O3S.2CH2O2/c1-16(2)11-24-13-19(20(14-24)7-8-23(4)18(20)26)5-9-25(10-6-19)29(27,28)17-12-22(3)15-21-17;2*2-1-3/h12,15-16H,5-11,13-14H2,1-4H3;2*1H,(H,2,3). The number of hydrogen-bond acceptors (Lipinski definition) is 7. The van der Waals surface area contributed by atoms with Crippen molar-refractivity contribution in [3.8, 4) is 0 Å². The van der Waals surface area contributed by atoms with Crippen molar-refractivity contribution < 1.29 is 33.0 Å². The number of rotatable bonds is 4. The van der Waals surface area contributed by atoms with Crippen LogP contribution in [0.1, 0.15) is 33.1 Å². The van der Waals surface area contributed by atoms with Crippen LogP contribution in [0.3, 0.4) is 0 Å². The van der Waals surface area contributed by atoms with Crippen molar-refractivity contribution in [2.75, 3.05) is 46.3 Å². The third kappa shape index (κ3) is 5.67. The number of aryl methyl sites for hydroxylation is 1. The van der Waals surface area contributed by atoms with Crippen molar-refractivity contribution in [3.05, 3.63) is 12.5 Å². The Morgan fingerprint density at radius 2 is 1.63 bits per heavy atom. The number of amides is 1. The molecule has 1 amide bonds. The Bertz CT molecular complexity index is 982. The highest BCUT2D eigenvalue weighted by atomic mass is 32.2. The first-order valence-corrected chi connectivity index (χ1v) is 13.0. The molecule has 0 bridgehead atoms. The van der Waals surface area contributed by atoms with E-state index in [4.69, 9.17) is 19.8 Å². The predicted octanol–water partition coefficient (Wildman–Crippen LogP) is 0.413. The molecule has 2 spiro atoms. The van der Waals surface area contributed by atoms with Crippen LogP contribution in [-0.4, -0.2) is 107 Å². The number of carbonyl (C=O) groups is 3. The average molecular weight is 516 g/mol. The van der Waals surface area contributed by atoms with Crippen molar-refractivity contribution >= 4 is 28.9 Å². The van der Waals surface area contributed by atoms with Crippen LogP contribution in [0, 0.1) is 16.7 Å². The van der Waals surface area contributed by atoms with Gasteiger partial charge in [0.2, 0.25) is 5.91 Å². The van der Waals surface area contributed by atoms with Crippen molar-refractivity contribution in [1.82, 2.24) is 23.7 Å². The van der Waals surface area contributed by atoms with Crippen LogP contribution in [0.4, 0.5) is 0 Å². The van der Waals surface area contributed by atoms with E-state index in [1.54, 1.807) is 22.1 Å². The van der Waals surface area contributed by atoms with Gasteiger partial charge >= 0.3 is 0 Å². The second-order valence-electron chi connectivity index (χ2n) is 9.89. The van der Waals surface area contributed by atoms with Crippen molar-refractivity contribution in [2.24, 2.45) is 23.8 Å². The highest BCUT2D eigenvalue weighted by molar-refractivity contribution is 7.89. The summed E-state index contributed by atoms with van der Waals surface area (Å²) < 4.78 is 29.2. The normalized spacial score (nSPS) is 24.3. The maximum absolute atomic E-state index is 13.3. The molecule has 0 saturated carbocycles. The van der Waals surface area contributed by atoms with Gasteiger partial charge in [0.1, 0.15) is 0 Å². The molecule has 35 heavy (non-hydrogen) atoms. The average Bonchev–Trinajstić information content (AvgIpc) is 3.43. The van der Waals surface area contributed by atoms with Crippen LogP contribution >= 0.6 is 0 Å². The number of piperidine rings is 1. The third-order valence-corrected chi connectivity index (χ3v) is 9.04. The van der Waals surface area contributed by atoms with E-state index in [1.165, 1.54) is 6.33 Å². The second-order valence-corrected chi connectivity index (χ2v) is 11.8. The lowest BCUT2D eigenvalue weighted by Gasteiger charge is -2.46. The van der Waals surface area contributed by atoms with Gasteiger partial charge in [-0.3, -0.25) is 14.4 Å². The van der Waals surface area contributed by atoms with Gasteiger partial charge in [0, 0.05) is 65.0 Å². The number of likely N-dealkylation sites (tertiary alicyclic amines) is 2. The topological polar surface area (TPSA) is 153 Å². The summed E-state index contributed by atoms with van der Waals surface area (Å²) in [6, 6.07) is 0. The van der Waals surface area contributed by atoms with Gasteiger partial charge < -0.3 is 24.6 Å². The minimum Gasteiger partial charge on any atom is -0.483 e. The van der Waals surface area contributed by atoms with E-state index in [-0.39, 0.29) is 34.7 Å². The Morgan fingerprint density at radius 3 is 2.06 bits per heavy atom. The van der Waals surface area contributed by atoms with Crippen LogP contribution in [0.25, 0.3) is 0 Å². The van der Waals surface area contributed by atoms with Gasteiger partial charge in [-0.25, -0.2) is 13.4 Å². The molecule has 3 aliphatic rings. The Kier molecular flexibility index (Phi) is 9.42. The fourth-order valence-corrected chi connectivity index (χ4v) is 7.25. The molecule has 2 N–H and O–H groups in total. The zero-order valence-corrected chi connectivity index (χ0v) is 21.6.